The zero-order valence-electron chi connectivity index (χ0n) is 6.51. The molecular formula is C8H16O2. The molecule has 0 bridgehead atoms. The number of rotatable bonds is 5. The monoisotopic (exact) mass is 144 g/mol. The minimum atomic E-state index is 0.0839. The summed E-state index contributed by atoms with van der Waals surface area (Å²) in [6, 6.07) is 0. The molecule has 0 unspecified atom stereocenters. The molecule has 0 atom stereocenters. The molecule has 0 saturated carbocycles. The summed E-state index contributed by atoms with van der Waals surface area (Å²) in [7, 11) is 0. The molecule has 0 aromatic carbocycles. The van der Waals surface area contributed by atoms with Gasteiger partial charge in [-0.25, -0.2) is 0 Å². The van der Waals surface area contributed by atoms with Crippen molar-refractivity contribution in [2.75, 3.05) is 13.2 Å². The fraction of sp³-hybridized carbons (Fsp3) is 0.750. The van der Waals surface area contributed by atoms with Crippen LogP contribution in [0.5, 0.6) is 0 Å². The highest BCUT2D eigenvalue weighted by molar-refractivity contribution is 5.01. The number of hydrogen-bond donors (Lipinski definition) is 2. The summed E-state index contributed by atoms with van der Waals surface area (Å²) < 4.78 is 0. The molecule has 0 spiro atoms. The van der Waals surface area contributed by atoms with E-state index in [-0.39, 0.29) is 13.2 Å². The van der Waals surface area contributed by atoms with Gasteiger partial charge in [-0.15, -0.1) is 0 Å². The smallest absolute Gasteiger partial charge is 0.0642 e. The summed E-state index contributed by atoms with van der Waals surface area (Å²) in [5.41, 5.74) is 0.948. The fourth-order valence-electron chi connectivity index (χ4n) is 0.738. The van der Waals surface area contributed by atoms with Gasteiger partial charge in [0.05, 0.1) is 6.61 Å². The standard InChI is InChI=1S/C8H16O2/c1-2-3-4-8(7-10)5-6-9/h4,9-10H,2-3,5-7H2,1H3. The average Bonchev–Trinajstić information content (AvgIpc) is 1.98. The highest BCUT2D eigenvalue weighted by atomic mass is 16.3. The number of aliphatic hydroxyl groups excluding tert-OH is 2. The summed E-state index contributed by atoms with van der Waals surface area (Å²) in [4.78, 5) is 0. The Morgan fingerprint density at radius 1 is 1.40 bits per heavy atom. The molecule has 0 aliphatic heterocycles. The third-order valence-electron chi connectivity index (χ3n) is 1.36. The van der Waals surface area contributed by atoms with Gasteiger partial charge in [0.1, 0.15) is 0 Å². The van der Waals surface area contributed by atoms with Crippen LogP contribution in [0.2, 0.25) is 0 Å². The van der Waals surface area contributed by atoms with Gasteiger partial charge >= 0.3 is 0 Å². The molecule has 0 aromatic heterocycles. The van der Waals surface area contributed by atoms with E-state index in [1.165, 1.54) is 0 Å². The van der Waals surface area contributed by atoms with E-state index >= 15 is 0 Å². The van der Waals surface area contributed by atoms with Crippen molar-refractivity contribution in [3.63, 3.8) is 0 Å². The molecular weight excluding hydrogens is 128 g/mol. The molecule has 2 nitrogen and oxygen atoms in total. The maximum atomic E-state index is 8.70. The molecule has 10 heavy (non-hydrogen) atoms. The van der Waals surface area contributed by atoms with Gasteiger partial charge in [-0.3, -0.25) is 0 Å². The molecule has 60 valence electrons. The second-order valence-corrected chi connectivity index (χ2v) is 2.28. The molecule has 0 radical (unpaired) electrons. The van der Waals surface area contributed by atoms with Crippen LogP contribution < -0.4 is 0 Å². The van der Waals surface area contributed by atoms with Crippen molar-refractivity contribution in [2.24, 2.45) is 0 Å². The molecule has 0 heterocycles. The first-order valence-corrected chi connectivity index (χ1v) is 3.74. The number of unbranched alkanes of at least 4 members (excludes halogenated alkanes) is 1. The Kier molecular flexibility index (Phi) is 6.55. The van der Waals surface area contributed by atoms with E-state index < -0.39 is 0 Å². The third-order valence-corrected chi connectivity index (χ3v) is 1.36. The van der Waals surface area contributed by atoms with Gasteiger partial charge in [0.15, 0.2) is 0 Å². The molecule has 0 aromatic rings. The van der Waals surface area contributed by atoms with Crippen LogP contribution in [-0.2, 0) is 0 Å². The SMILES string of the molecule is CCCC=C(CO)CCO. The van der Waals surface area contributed by atoms with E-state index in [1.807, 2.05) is 6.08 Å². The second-order valence-electron chi connectivity index (χ2n) is 2.28. The third kappa shape index (κ3) is 4.53. The Balaban J connectivity index is 3.55. The van der Waals surface area contributed by atoms with Gasteiger partial charge in [0.2, 0.25) is 0 Å². The molecule has 0 amide bonds. The van der Waals surface area contributed by atoms with E-state index in [9.17, 15) is 0 Å². The first-order chi connectivity index (χ1) is 4.85. The van der Waals surface area contributed by atoms with Crippen molar-refractivity contribution >= 4 is 0 Å². The summed E-state index contributed by atoms with van der Waals surface area (Å²) >= 11 is 0. The first-order valence-electron chi connectivity index (χ1n) is 3.74. The Morgan fingerprint density at radius 2 is 2.10 bits per heavy atom. The summed E-state index contributed by atoms with van der Waals surface area (Å²) in [6.45, 7) is 2.31. The zero-order valence-corrected chi connectivity index (χ0v) is 6.51. The quantitative estimate of drug-likeness (QED) is 0.567. The topological polar surface area (TPSA) is 40.5 Å². The van der Waals surface area contributed by atoms with E-state index in [2.05, 4.69) is 6.92 Å². The van der Waals surface area contributed by atoms with Gasteiger partial charge in [-0.1, -0.05) is 19.4 Å². The summed E-state index contributed by atoms with van der Waals surface area (Å²) in [5, 5.41) is 17.2. The number of hydrogen-bond acceptors (Lipinski definition) is 2. The lowest BCUT2D eigenvalue weighted by atomic mass is 10.1. The van der Waals surface area contributed by atoms with Gasteiger partial charge < -0.3 is 10.2 Å². The molecule has 0 aliphatic rings. The van der Waals surface area contributed by atoms with Crippen molar-refractivity contribution in [1.29, 1.82) is 0 Å². The van der Waals surface area contributed by atoms with Crippen molar-refractivity contribution in [3.8, 4) is 0 Å². The van der Waals surface area contributed by atoms with Crippen LogP contribution in [0.1, 0.15) is 26.2 Å². The second kappa shape index (κ2) is 6.78. The Hall–Kier alpha value is -0.340. The van der Waals surface area contributed by atoms with Gasteiger partial charge in [-0.2, -0.15) is 0 Å². The van der Waals surface area contributed by atoms with Crippen molar-refractivity contribution in [3.05, 3.63) is 11.6 Å². The highest BCUT2D eigenvalue weighted by Crippen LogP contribution is 2.01. The van der Waals surface area contributed by atoms with Crippen LogP contribution in [0.4, 0.5) is 0 Å². The maximum absolute atomic E-state index is 8.70. The highest BCUT2D eigenvalue weighted by Gasteiger charge is 1.91. The summed E-state index contributed by atoms with van der Waals surface area (Å²) in [5.74, 6) is 0. The van der Waals surface area contributed by atoms with E-state index in [0.717, 1.165) is 18.4 Å². The normalized spacial score (nSPS) is 12.1. The van der Waals surface area contributed by atoms with Gasteiger partial charge in [0.25, 0.3) is 0 Å². The minimum absolute atomic E-state index is 0.0839. The van der Waals surface area contributed by atoms with Crippen LogP contribution in [-0.4, -0.2) is 23.4 Å². The minimum Gasteiger partial charge on any atom is -0.396 e. The lowest BCUT2D eigenvalue weighted by Gasteiger charge is -1.99. The Labute approximate surface area is 62.2 Å². The lowest BCUT2D eigenvalue weighted by molar-refractivity contribution is 0.278. The van der Waals surface area contributed by atoms with Crippen molar-refractivity contribution < 1.29 is 10.2 Å². The van der Waals surface area contributed by atoms with Crippen LogP contribution >= 0.6 is 0 Å². The van der Waals surface area contributed by atoms with Crippen LogP contribution in [0.25, 0.3) is 0 Å². The van der Waals surface area contributed by atoms with E-state index in [4.69, 9.17) is 10.2 Å². The van der Waals surface area contributed by atoms with Crippen molar-refractivity contribution in [1.82, 2.24) is 0 Å². The van der Waals surface area contributed by atoms with E-state index in [1.54, 1.807) is 0 Å². The maximum Gasteiger partial charge on any atom is 0.0642 e. The molecule has 0 aliphatic carbocycles. The van der Waals surface area contributed by atoms with Crippen LogP contribution in [0.3, 0.4) is 0 Å². The Morgan fingerprint density at radius 3 is 2.50 bits per heavy atom. The lowest BCUT2D eigenvalue weighted by Crippen LogP contribution is -1.93. The van der Waals surface area contributed by atoms with Gasteiger partial charge in [0, 0.05) is 6.61 Å². The number of aliphatic hydroxyl groups is 2. The van der Waals surface area contributed by atoms with Crippen LogP contribution in [0, 0.1) is 0 Å². The largest absolute Gasteiger partial charge is 0.396 e. The van der Waals surface area contributed by atoms with E-state index in [0.29, 0.717) is 6.42 Å². The predicted octanol–water partition coefficient (Wildman–Crippen LogP) is 1.09. The summed E-state index contributed by atoms with van der Waals surface area (Å²) in [6.07, 6.45) is 4.69. The predicted molar refractivity (Wildman–Crippen MR) is 41.8 cm³/mol. The fourth-order valence-corrected chi connectivity index (χ4v) is 0.738. The molecule has 0 fully saturated rings. The first kappa shape index (κ1) is 9.66. The molecule has 0 rings (SSSR count). The Bertz CT molecular complexity index is 97.4. The molecule has 2 heteroatoms. The van der Waals surface area contributed by atoms with Crippen molar-refractivity contribution in [2.45, 2.75) is 26.2 Å². The average molecular weight is 144 g/mol. The zero-order chi connectivity index (χ0) is 7.82. The molecule has 2 N–H and O–H groups in total. The van der Waals surface area contributed by atoms with Gasteiger partial charge in [-0.05, 0) is 18.4 Å². The van der Waals surface area contributed by atoms with Crippen LogP contribution in [0.15, 0.2) is 11.6 Å². The number of allylic oxidation sites excluding steroid dienone is 1. The molecule has 0 saturated heterocycles.